The number of aliphatic hydroxyl groups is 1. The molecule has 0 radical (unpaired) electrons. The fourth-order valence-corrected chi connectivity index (χ4v) is 3.91. The van der Waals surface area contributed by atoms with E-state index in [0.29, 0.717) is 18.8 Å². The third-order valence-electron chi connectivity index (χ3n) is 4.34. The minimum Gasteiger partial charge on any atom is -0.396 e. The quantitative estimate of drug-likeness (QED) is 0.813. The molecule has 1 unspecified atom stereocenters. The number of nitrogens with zero attached hydrogens (tertiary/aromatic N) is 3. The number of likely N-dealkylation sites (tertiary alicyclic amines) is 1. The number of hydrogen-bond donors (Lipinski definition) is 1. The van der Waals surface area contributed by atoms with Gasteiger partial charge in [0.1, 0.15) is 10.7 Å². The van der Waals surface area contributed by atoms with Crippen molar-refractivity contribution in [3.8, 4) is 0 Å². The Morgan fingerprint density at radius 3 is 3.00 bits per heavy atom. The van der Waals surface area contributed by atoms with E-state index in [9.17, 15) is 9.90 Å². The molecule has 0 aliphatic carbocycles. The van der Waals surface area contributed by atoms with E-state index in [0.717, 1.165) is 37.4 Å². The van der Waals surface area contributed by atoms with Crippen molar-refractivity contribution in [3.05, 3.63) is 16.1 Å². The molecule has 0 spiro atoms. The van der Waals surface area contributed by atoms with Crippen molar-refractivity contribution in [3.63, 3.8) is 0 Å². The van der Waals surface area contributed by atoms with Crippen LogP contribution in [0.2, 0.25) is 0 Å². The summed E-state index contributed by atoms with van der Waals surface area (Å²) in [6, 6.07) is 0. The highest BCUT2D eigenvalue weighted by molar-refractivity contribution is 7.09. The molecule has 6 nitrogen and oxygen atoms in total. The van der Waals surface area contributed by atoms with Crippen molar-refractivity contribution in [1.29, 1.82) is 0 Å². The molecule has 7 heteroatoms. The van der Waals surface area contributed by atoms with Gasteiger partial charge in [-0.05, 0) is 33.4 Å². The van der Waals surface area contributed by atoms with Gasteiger partial charge in [0, 0.05) is 44.1 Å². The summed E-state index contributed by atoms with van der Waals surface area (Å²) in [6.07, 6.45) is 2.61. The molecule has 1 atom stereocenters. The van der Waals surface area contributed by atoms with Crippen molar-refractivity contribution >= 4 is 17.2 Å². The average Bonchev–Trinajstić information content (AvgIpc) is 3.00. The lowest BCUT2D eigenvalue weighted by Crippen LogP contribution is -2.48. The molecule has 1 aliphatic rings. The van der Waals surface area contributed by atoms with Crippen LogP contribution in [0, 0.1) is 5.41 Å². The maximum Gasteiger partial charge on any atom is 0.273 e. The van der Waals surface area contributed by atoms with Gasteiger partial charge in [-0.1, -0.05) is 0 Å². The van der Waals surface area contributed by atoms with E-state index in [1.807, 2.05) is 29.3 Å². The molecule has 130 valence electrons. The predicted octanol–water partition coefficient (Wildman–Crippen LogP) is 1.46. The Labute approximate surface area is 142 Å². The number of carbonyl (C=O) groups excluding carboxylic acids is 1. The van der Waals surface area contributed by atoms with E-state index < -0.39 is 0 Å². The van der Waals surface area contributed by atoms with Gasteiger partial charge in [-0.15, -0.1) is 11.3 Å². The molecule has 1 aromatic rings. The number of piperidine rings is 1. The second kappa shape index (κ2) is 8.19. The molecule has 1 saturated heterocycles. The minimum absolute atomic E-state index is 0.0267. The Morgan fingerprint density at radius 2 is 2.35 bits per heavy atom. The van der Waals surface area contributed by atoms with Gasteiger partial charge in [0.2, 0.25) is 0 Å². The highest BCUT2D eigenvalue weighted by Gasteiger charge is 2.37. The standard InChI is InChI=1S/C16H27N3O3S/c1-18(2)9-14-17-13(10-23-14)15(21)19-7-4-5-16(11-19,12-20)6-8-22-3/h10,20H,4-9,11-12H2,1-3H3. The van der Waals surface area contributed by atoms with Crippen molar-refractivity contribution in [2.24, 2.45) is 5.41 Å². The number of thiazole rings is 1. The average molecular weight is 341 g/mol. The zero-order valence-corrected chi connectivity index (χ0v) is 15.1. The summed E-state index contributed by atoms with van der Waals surface area (Å²) < 4.78 is 5.16. The summed E-state index contributed by atoms with van der Waals surface area (Å²) in [5, 5.41) is 12.6. The first-order valence-corrected chi connectivity index (χ1v) is 8.86. The smallest absolute Gasteiger partial charge is 0.273 e. The number of carbonyl (C=O) groups is 1. The number of hydrogen-bond acceptors (Lipinski definition) is 6. The van der Waals surface area contributed by atoms with E-state index >= 15 is 0 Å². The number of amides is 1. The van der Waals surface area contributed by atoms with Gasteiger partial charge in [-0.25, -0.2) is 4.98 Å². The van der Waals surface area contributed by atoms with Gasteiger partial charge in [0.05, 0.1) is 6.61 Å². The van der Waals surface area contributed by atoms with Gasteiger partial charge in [0.25, 0.3) is 5.91 Å². The highest BCUT2D eigenvalue weighted by Crippen LogP contribution is 2.33. The summed E-state index contributed by atoms with van der Waals surface area (Å²) in [5.41, 5.74) is 0.277. The van der Waals surface area contributed by atoms with Crippen LogP contribution in [0.3, 0.4) is 0 Å². The van der Waals surface area contributed by atoms with Crippen LogP contribution in [0.5, 0.6) is 0 Å². The fraction of sp³-hybridized carbons (Fsp3) is 0.750. The van der Waals surface area contributed by atoms with Crippen LogP contribution < -0.4 is 0 Å². The monoisotopic (exact) mass is 341 g/mol. The number of aromatic nitrogens is 1. The summed E-state index contributed by atoms with van der Waals surface area (Å²) in [6.45, 7) is 2.74. The SMILES string of the molecule is COCCC1(CO)CCCN(C(=O)c2csc(CN(C)C)n2)C1. The van der Waals surface area contributed by atoms with Crippen LogP contribution in [0.15, 0.2) is 5.38 Å². The maximum atomic E-state index is 12.7. The molecule has 2 rings (SSSR count). The molecule has 1 aliphatic heterocycles. The molecule has 0 saturated carbocycles. The topological polar surface area (TPSA) is 65.9 Å². The summed E-state index contributed by atoms with van der Waals surface area (Å²) in [7, 11) is 5.64. The van der Waals surface area contributed by atoms with E-state index in [1.165, 1.54) is 11.3 Å². The lowest BCUT2D eigenvalue weighted by molar-refractivity contribution is 0.00876. The molecule has 0 aromatic carbocycles. The molecule has 1 N–H and O–H groups in total. The molecular weight excluding hydrogens is 314 g/mol. The highest BCUT2D eigenvalue weighted by atomic mass is 32.1. The number of methoxy groups -OCH3 is 1. The number of aliphatic hydroxyl groups excluding tert-OH is 1. The van der Waals surface area contributed by atoms with E-state index in [-0.39, 0.29) is 17.9 Å². The lowest BCUT2D eigenvalue weighted by Gasteiger charge is -2.41. The summed E-state index contributed by atoms with van der Waals surface area (Å²) >= 11 is 1.52. The van der Waals surface area contributed by atoms with Crippen molar-refractivity contribution in [2.75, 3.05) is 47.5 Å². The normalized spacial score (nSPS) is 21.9. The fourth-order valence-electron chi connectivity index (χ4n) is 3.03. The summed E-state index contributed by atoms with van der Waals surface area (Å²) in [4.78, 5) is 21.1. The summed E-state index contributed by atoms with van der Waals surface area (Å²) in [5.74, 6) is -0.0267. The Morgan fingerprint density at radius 1 is 1.57 bits per heavy atom. The van der Waals surface area contributed by atoms with Gasteiger partial charge >= 0.3 is 0 Å². The van der Waals surface area contributed by atoms with Crippen LogP contribution >= 0.6 is 11.3 Å². The molecule has 2 heterocycles. The lowest BCUT2D eigenvalue weighted by atomic mass is 9.78. The maximum absolute atomic E-state index is 12.7. The van der Waals surface area contributed by atoms with Gasteiger partial charge in [-0.3, -0.25) is 4.79 Å². The molecule has 1 amide bonds. The minimum atomic E-state index is -0.244. The van der Waals surface area contributed by atoms with Gasteiger partial charge in [-0.2, -0.15) is 0 Å². The van der Waals surface area contributed by atoms with E-state index in [1.54, 1.807) is 7.11 Å². The van der Waals surface area contributed by atoms with Crippen molar-refractivity contribution in [2.45, 2.75) is 25.8 Å². The van der Waals surface area contributed by atoms with Crippen LogP contribution in [0.25, 0.3) is 0 Å². The first-order valence-electron chi connectivity index (χ1n) is 7.98. The second-order valence-corrected chi connectivity index (χ2v) is 7.54. The van der Waals surface area contributed by atoms with Crippen LogP contribution in [0.1, 0.15) is 34.8 Å². The van der Waals surface area contributed by atoms with E-state index in [2.05, 4.69) is 4.98 Å². The second-order valence-electron chi connectivity index (χ2n) is 6.60. The van der Waals surface area contributed by atoms with Crippen LogP contribution in [-0.2, 0) is 11.3 Å². The number of rotatable bonds is 7. The largest absolute Gasteiger partial charge is 0.396 e. The Balaban J connectivity index is 2.05. The van der Waals surface area contributed by atoms with Crippen molar-refractivity contribution < 1.29 is 14.6 Å². The molecular formula is C16H27N3O3S. The number of ether oxygens (including phenoxy) is 1. The first-order chi connectivity index (χ1) is 11.0. The molecule has 1 aromatic heterocycles. The zero-order valence-electron chi connectivity index (χ0n) is 14.2. The van der Waals surface area contributed by atoms with Crippen LogP contribution in [-0.4, -0.2) is 73.3 Å². The Bertz CT molecular complexity index is 520. The zero-order chi connectivity index (χ0) is 16.9. The molecule has 0 bridgehead atoms. The Hall–Kier alpha value is -1.02. The third kappa shape index (κ3) is 4.73. The van der Waals surface area contributed by atoms with E-state index in [4.69, 9.17) is 4.74 Å². The Kier molecular flexibility index (Phi) is 6.52. The molecule has 1 fully saturated rings. The first kappa shape index (κ1) is 18.3. The predicted molar refractivity (Wildman–Crippen MR) is 90.7 cm³/mol. The van der Waals surface area contributed by atoms with Crippen molar-refractivity contribution in [1.82, 2.24) is 14.8 Å². The van der Waals surface area contributed by atoms with Gasteiger partial charge in [0.15, 0.2) is 0 Å². The third-order valence-corrected chi connectivity index (χ3v) is 5.18. The van der Waals surface area contributed by atoms with Crippen LogP contribution in [0.4, 0.5) is 0 Å². The molecule has 23 heavy (non-hydrogen) atoms. The van der Waals surface area contributed by atoms with Gasteiger partial charge < -0.3 is 19.6 Å².